The fraction of sp³-hybridized carbons (Fsp3) is 0.364. The van der Waals surface area contributed by atoms with E-state index in [0.29, 0.717) is 0 Å². The maximum Gasteiger partial charge on any atom is 0.193 e. The molecular formula is C22H29N5O. The summed E-state index contributed by atoms with van der Waals surface area (Å²) in [5.74, 6) is 2.82. The lowest BCUT2D eigenvalue weighted by Gasteiger charge is -2.23. The molecule has 0 aliphatic rings. The van der Waals surface area contributed by atoms with Gasteiger partial charge in [-0.15, -0.1) is 0 Å². The fourth-order valence-corrected chi connectivity index (χ4v) is 3.19. The first-order valence-electron chi connectivity index (χ1n) is 9.76. The lowest BCUT2D eigenvalue weighted by atomic mass is 10.2. The number of para-hydroxylation sites is 3. The number of imidazole rings is 1. The summed E-state index contributed by atoms with van der Waals surface area (Å²) in [6.07, 6.45) is 1.82. The van der Waals surface area contributed by atoms with Gasteiger partial charge >= 0.3 is 0 Å². The summed E-state index contributed by atoms with van der Waals surface area (Å²) in [6.45, 7) is 4.40. The number of benzene rings is 2. The average Bonchev–Trinajstić information content (AvgIpc) is 3.13. The molecule has 6 nitrogen and oxygen atoms in total. The van der Waals surface area contributed by atoms with Crippen molar-refractivity contribution in [1.29, 1.82) is 0 Å². The van der Waals surface area contributed by atoms with Gasteiger partial charge in [0.05, 0.1) is 18.1 Å². The number of hydrogen-bond acceptors (Lipinski definition) is 3. The Kier molecular flexibility index (Phi) is 6.89. The van der Waals surface area contributed by atoms with Gasteiger partial charge in [-0.05, 0) is 31.5 Å². The quantitative estimate of drug-likeness (QED) is 0.357. The highest BCUT2D eigenvalue weighted by Gasteiger charge is 2.10. The monoisotopic (exact) mass is 379 g/mol. The number of fused-ring (bicyclic) bond motifs is 1. The van der Waals surface area contributed by atoms with Gasteiger partial charge < -0.3 is 19.9 Å². The zero-order valence-electron chi connectivity index (χ0n) is 16.9. The molecule has 148 valence electrons. The van der Waals surface area contributed by atoms with Gasteiger partial charge in [-0.3, -0.25) is 4.99 Å². The molecule has 0 amide bonds. The SMILES string of the molecule is CCNC(=NCCCc1nc2ccccc2[nH]1)N(C)Cc1ccccc1OC. The summed E-state index contributed by atoms with van der Waals surface area (Å²) in [4.78, 5) is 14.9. The van der Waals surface area contributed by atoms with Gasteiger partial charge in [-0.1, -0.05) is 30.3 Å². The molecule has 0 spiro atoms. The topological polar surface area (TPSA) is 65.5 Å². The van der Waals surface area contributed by atoms with Gasteiger partial charge in [0.1, 0.15) is 11.6 Å². The van der Waals surface area contributed by atoms with Crippen LogP contribution >= 0.6 is 0 Å². The van der Waals surface area contributed by atoms with Crippen molar-refractivity contribution in [1.82, 2.24) is 20.2 Å². The number of rotatable bonds is 8. The molecule has 2 N–H and O–H groups in total. The molecule has 28 heavy (non-hydrogen) atoms. The Hall–Kier alpha value is -3.02. The number of methoxy groups -OCH3 is 1. The van der Waals surface area contributed by atoms with Crippen LogP contribution in [0.15, 0.2) is 53.5 Å². The lowest BCUT2D eigenvalue weighted by Crippen LogP contribution is -2.38. The predicted octanol–water partition coefficient (Wildman–Crippen LogP) is 3.60. The van der Waals surface area contributed by atoms with Gasteiger partial charge in [0, 0.05) is 38.7 Å². The van der Waals surface area contributed by atoms with Crippen molar-refractivity contribution in [2.45, 2.75) is 26.3 Å². The number of ether oxygens (including phenoxy) is 1. The Labute approximate surface area is 166 Å². The van der Waals surface area contributed by atoms with Crippen LogP contribution in [0.2, 0.25) is 0 Å². The van der Waals surface area contributed by atoms with Crippen molar-refractivity contribution in [3.63, 3.8) is 0 Å². The van der Waals surface area contributed by atoms with Gasteiger partial charge in [0.2, 0.25) is 0 Å². The second-order valence-electron chi connectivity index (χ2n) is 6.71. The first-order chi connectivity index (χ1) is 13.7. The normalized spacial score (nSPS) is 11.6. The molecule has 0 atom stereocenters. The van der Waals surface area contributed by atoms with Gasteiger partial charge in [0.15, 0.2) is 5.96 Å². The van der Waals surface area contributed by atoms with E-state index in [1.54, 1.807) is 7.11 Å². The molecular weight excluding hydrogens is 350 g/mol. The van der Waals surface area contributed by atoms with Gasteiger partial charge in [-0.2, -0.15) is 0 Å². The molecule has 0 unspecified atom stereocenters. The number of nitrogens with one attached hydrogen (secondary N) is 2. The minimum absolute atomic E-state index is 0.736. The highest BCUT2D eigenvalue weighted by molar-refractivity contribution is 5.79. The number of aromatic nitrogens is 2. The zero-order valence-corrected chi connectivity index (χ0v) is 16.9. The van der Waals surface area contributed by atoms with Crippen molar-refractivity contribution in [2.24, 2.45) is 4.99 Å². The van der Waals surface area contributed by atoms with Crippen LogP contribution in [-0.4, -0.2) is 48.1 Å². The molecule has 0 radical (unpaired) electrons. The van der Waals surface area contributed by atoms with Crippen molar-refractivity contribution in [3.8, 4) is 5.75 Å². The fourth-order valence-electron chi connectivity index (χ4n) is 3.19. The second-order valence-corrected chi connectivity index (χ2v) is 6.71. The van der Waals surface area contributed by atoms with Crippen LogP contribution in [0.3, 0.4) is 0 Å². The van der Waals surface area contributed by atoms with Gasteiger partial charge in [-0.25, -0.2) is 4.98 Å². The first-order valence-corrected chi connectivity index (χ1v) is 9.76. The van der Waals surface area contributed by atoms with E-state index in [4.69, 9.17) is 9.73 Å². The number of aromatic amines is 1. The predicted molar refractivity (Wildman–Crippen MR) is 115 cm³/mol. The molecule has 0 saturated carbocycles. The van der Waals surface area contributed by atoms with Crippen LogP contribution < -0.4 is 10.1 Å². The molecule has 0 bridgehead atoms. The summed E-state index contributed by atoms with van der Waals surface area (Å²) < 4.78 is 5.46. The van der Waals surface area contributed by atoms with Crippen LogP contribution in [-0.2, 0) is 13.0 Å². The molecule has 0 fully saturated rings. The Morgan fingerprint density at radius 2 is 1.96 bits per heavy atom. The Balaban J connectivity index is 1.58. The maximum atomic E-state index is 5.46. The summed E-state index contributed by atoms with van der Waals surface area (Å²) >= 11 is 0. The third-order valence-corrected chi connectivity index (χ3v) is 4.57. The highest BCUT2D eigenvalue weighted by Crippen LogP contribution is 2.18. The third-order valence-electron chi connectivity index (χ3n) is 4.57. The van der Waals surface area contributed by atoms with E-state index in [2.05, 4.69) is 39.2 Å². The Morgan fingerprint density at radius 1 is 1.18 bits per heavy atom. The van der Waals surface area contributed by atoms with Crippen molar-refractivity contribution in [3.05, 3.63) is 59.9 Å². The molecule has 2 aromatic carbocycles. The van der Waals surface area contributed by atoms with Crippen LogP contribution in [0, 0.1) is 0 Å². The van der Waals surface area contributed by atoms with Crippen molar-refractivity contribution < 1.29 is 4.74 Å². The minimum atomic E-state index is 0.736. The molecule has 1 aromatic heterocycles. The number of aliphatic imine (C=N–C) groups is 1. The summed E-state index contributed by atoms with van der Waals surface area (Å²) in [6, 6.07) is 16.2. The summed E-state index contributed by atoms with van der Waals surface area (Å²) in [7, 11) is 3.75. The number of guanidine groups is 1. The maximum absolute atomic E-state index is 5.46. The van der Waals surface area contributed by atoms with Gasteiger partial charge in [0.25, 0.3) is 0 Å². The summed E-state index contributed by atoms with van der Waals surface area (Å²) in [5.41, 5.74) is 3.25. The average molecular weight is 380 g/mol. The first kappa shape index (κ1) is 19.7. The number of hydrogen-bond donors (Lipinski definition) is 2. The second kappa shape index (κ2) is 9.78. The van der Waals surface area contributed by atoms with Crippen molar-refractivity contribution in [2.75, 3.05) is 27.2 Å². The van der Waals surface area contributed by atoms with E-state index >= 15 is 0 Å². The highest BCUT2D eigenvalue weighted by atomic mass is 16.5. The van der Waals surface area contributed by atoms with Crippen molar-refractivity contribution >= 4 is 17.0 Å². The largest absolute Gasteiger partial charge is 0.496 e. The molecule has 0 aliphatic heterocycles. The molecule has 1 heterocycles. The molecule has 3 aromatic rings. The third kappa shape index (κ3) is 5.03. The van der Waals surface area contributed by atoms with E-state index in [0.717, 1.165) is 66.6 Å². The molecule has 0 saturated heterocycles. The Morgan fingerprint density at radius 3 is 2.75 bits per heavy atom. The van der Waals surface area contributed by atoms with E-state index < -0.39 is 0 Å². The Bertz CT molecular complexity index is 885. The zero-order chi connectivity index (χ0) is 19.8. The molecule has 0 aliphatic carbocycles. The van der Waals surface area contributed by atoms with E-state index in [-0.39, 0.29) is 0 Å². The van der Waals surface area contributed by atoms with Crippen LogP contribution in [0.5, 0.6) is 5.75 Å². The number of nitrogens with zero attached hydrogens (tertiary/aromatic N) is 3. The van der Waals surface area contributed by atoms with Crippen LogP contribution in [0.25, 0.3) is 11.0 Å². The smallest absolute Gasteiger partial charge is 0.193 e. The standard InChI is InChI=1S/C22H29N5O/c1-4-23-22(27(2)16-17-10-5-8-13-20(17)28-3)24-15-9-14-21-25-18-11-6-7-12-19(18)26-21/h5-8,10-13H,4,9,14-16H2,1-3H3,(H,23,24)(H,25,26). The summed E-state index contributed by atoms with van der Waals surface area (Å²) in [5, 5.41) is 3.37. The van der Waals surface area contributed by atoms with Crippen LogP contribution in [0.4, 0.5) is 0 Å². The van der Waals surface area contributed by atoms with E-state index in [1.807, 2.05) is 43.4 Å². The van der Waals surface area contributed by atoms with E-state index in [1.165, 1.54) is 0 Å². The minimum Gasteiger partial charge on any atom is -0.496 e. The van der Waals surface area contributed by atoms with Crippen LogP contribution in [0.1, 0.15) is 24.7 Å². The number of aryl methyl sites for hydroxylation is 1. The number of H-pyrrole nitrogens is 1. The molecule has 6 heteroatoms. The van der Waals surface area contributed by atoms with E-state index in [9.17, 15) is 0 Å². The lowest BCUT2D eigenvalue weighted by molar-refractivity contribution is 0.396. The molecule has 3 rings (SSSR count).